The number of aryl methyl sites for hydroxylation is 1. The Balaban J connectivity index is 1.96. The molecule has 0 aromatic heterocycles. The number of hydrogen-bond acceptors (Lipinski definition) is 2. The van der Waals surface area contributed by atoms with Gasteiger partial charge < -0.3 is 10.1 Å². The molecule has 0 aliphatic heterocycles. The minimum Gasteiger partial charge on any atom is -0.497 e. The molecule has 0 fully saturated rings. The topological polar surface area (TPSA) is 21.3 Å². The number of nitrogens with one attached hydrogen (secondary N) is 1. The maximum Gasteiger partial charge on any atom is 0.118 e. The van der Waals surface area contributed by atoms with Crippen LogP contribution in [0.1, 0.15) is 29.7 Å². The van der Waals surface area contributed by atoms with Gasteiger partial charge in [-0.3, -0.25) is 0 Å². The zero-order chi connectivity index (χ0) is 14.5. The van der Waals surface area contributed by atoms with Crippen molar-refractivity contribution < 1.29 is 4.74 Å². The lowest BCUT2D eigenvalue weighted by molar-refractivity contribution is 0.414. The van der Waals surface area contributed by atoms with Crippen molar-refractivity contribution >= 4 is 11.6 Å². The van der Waals surface area contributed by atoms with Gasteiger partial charge in [0, 0.05) is 17.6 Å². The van der Waals surface area contributed by atoms with E-state index in [1.807, 2.05) is 25.1 Å². The van der Waals surface area contributed by atoms with Gasteiger partial charge >= 0.3 is 0 Å². The Kier molecular flexibility index (Phi) is 5.05. The molecule has 1 atom stereocenters. The summed E-state index contributed by atoms with van der Waals surface area (Å²) in [6.07, 6.45) is 0. The minimum absolute atomic E-state index is 0.279. The van der Waals surface area contributed by atoms with Crippen molar-refractivity contribution in [1.29, 1.82) is 0 Å². The zero-order valence-corrected chi connectivity index (χ0v) is 12.9. The first-order valence-electron chi connectivity index (χ1n) is 6.72. The van der Waals surface area contributed by atoms with E-state index in [0.29, 0.717) is 0 Å². The standard InChI is InChI=1S/C17H20ClNO/c1-12-4-5-14(10-17(12)18)11-19-13(2)15-6-8-16(20-3)9-7-15/h4-10,13,19H,11H2,1-3H3/t13-/m1/s1. The van der Waals surface area contributed by atoms with Gasteiger partial charge in [-0.25, -0.2) is 0 Å². The number of hydrogen-bond donors (Lipinski definition) is 1. The minimum atomic E-state index is 0.279. The van der Waals surface area contributed by atoms with Crippen LogP contribution in [0.4, 0.5) is 0 Å². The molecule has 0 spiro atoms. The summed E-state index contributed by atoms with van der Waals surface area (Å²) in [5, 5.41) is 4.32. The van der Waals surface area contributed by atoms with E-state index < -0.39 is 0 Å². The van der Waals surface area contributed by atoms with Crippen molar-refractivity contribution in [1.82, 2.24) is 5.32 Å². The van der Waals surface area contributed by atoms with Crippen LogP contribution < -0.4 is 10.1 Å². The van der Waals surface area contributed by atoms with Gasteiger partial charge in [0.1, 0.15) is 5.75 Å². The van der Waals surface area contributed by atoms with Gasteiger partial charge in [0.25, 0.3) is 0 Å². The van der Waals surface area contributed by atoms with E-state index in [1.165, 1.54) is 11.1 Å². The second kappa shape index (κ2) is 6.78. The fourth-order valence-corrected chi connectivity index (χ4v) is 2.23. The van der Waals surface area contributed by atoms with Crippen LogP contribution >= 0.6 is 11.6 Å². The monoisotopic (exact) mass is 289 g/mol. The average molecular weight is 290 g/mol. The fourth-order valence-electron chi connectivity index (χ4n) is 2.03. The number of benzene rings is 2. The number of methoxy groups -OCH3 is 1. The first kappa shape index (κ1) is 14.9. The molecule has 1 N–H and O–H groups in total. The molecule has 0 amide bonds. The molecule has 0 aliphatic rings. The van der Waals surface area contributed by atoms with E-state index >= 15 is 0 Å². The number of rotatable bonds is 5. The molecule has 20 heavy (non-hydrogen) atoms. The van der Waals surface area contributed by atoms with E-state index in [0.717, 1.165) is 22.9 Å². The molecule has 3 heteroatoms. The van der Waals surface area contributed by atoms with Gasteiger partial charge in [0.2, 0.25) is 0 Å². The molecule has 0 unspecified atom stereocenters. The average Bonchev–Trinajstić information content (AvgIpc) is 2.48. The van der Waals surface area contributed by atoms with Crippen molar-refractivity contribution in [3.8, 4) is 5.75 Å². The largest absolute Gasteiger partial charge is 0.497 e. The Bertz CT molecular complexity index is 566. The van der Waals surface area contributed by atoms with Crippen molar-refractivity contribution in [2.75, 3.05) is 7.11 Å². The van der Waals surface area contributed by atoms with Crippen LogP contribution in [-0.2, 0) is 6.54 Å². The van der Waals surface area contributed by atoms with E-state index in [1.54, 1.807) is 7.11 Å². The maximum absolute atomic E-state index is 6.14. The second-order valence-electron chi connectivity index (χ2n) is 4.96. The fraction of sp³-hybridized carbons (Fsp3) is 0.294. The molecule has 106 valence electrons. The lowest BCUT2D eigenvalue weighted by atomic mass is 10.1. The first-order chi connectivity index (χ1) is 9.60. The summed E-state index contributed by atoms with van der Waals surface area (Å²) >= 11 is 6.14. The molecular formula is C17H20ClNO. The molecule has 0 saturated heterocycles. The first-order valence-corrected chi connectivity index (χ1v) is 7.10. The maximum atomic E-state index is 6.14. The highest BCUT2D eigenvalue weighted by molar-refractivity contribution is 6.31. The van der Waals surface area contributed by atoms with Gasteiger partial charge in [0.05, 0.1) is 7.11 Å². The summed E-state index contributed by atoms with van der Waals surface area (Å²) in [7, 11) is 1.68. The quantitative estimate of drug-likeness (QED) is 0.874. The van der Waals surface area contributed by atoms with Crippen LogP contribution in [0.3, 0.4) is 0 Å². The van der Waals surface area contributed by atoms with Crippen LogP contribution in [0.25, 0.3) is 0 Å². The third kappa shape index (κ3) is 3.75. The number of halogens is 1. The molecule has 0 bridgehead atoms. The highest BCUT2D eigenvalue weighted by Crippen LogP contribution is 2.19. The summed E-state index contributed by atoms with van der Waals surface area (Å²) in [5.41, 5.74) is 3.54. The summed E-state index contributed by atoms with van der Waals surface area (Å²) in [4.78, 5) is 0. The van der Waals surface area contributed by atoms with Gasteiger partial charge in [0.15, 0.2) is 0 Å². The molecular weight excluding hydrogens is 270 g/mol. The van der Waals surface area contributed by atoms with Crippen molar-refractivity contribution in [3.05, 3.63) is 64.2 Å². The molecule has 2 aromatic rings. The zero-order valence-electron chi connectivity index (χ0n) is 12.1. The van der Waals surface area contributed by atoms with Crippen LogP contribution in [0.15, 0.2) is 42.5 Å². The lowest BCUT2D eigenvalue weighted by Gasteiger charge is -2.15. The summed E-state index contributed by atoms with van der Waals surface area (Å²) in [6.45, 7) is 4.96. The van der Waals surface area contributed by atoms with Crippen molar-refractivity contribution in [2.24, 2.45) is 0 Å². The summed E-state index contributed by atoms with van der Waals surface area (Å²) in [6, 6.07) is 14.6. The summed E-state index contributed by atoms with van der Waals surface area (Å²) < 4.78 is 5.17. The van der Waals surface area contributed by atoms with E-state index in [4.69, 9.17) is 16.3 Å². The third-order valence-corrected chi connectivity index (χ3v) is 3.87. The van der Waals surface area contributed by atoms with Gasteiger partial charge in [-0.05, 0) is 48.7 Å². The molecule has 0 aliphatic carbocycles. The smallest absolute Gasteiger partial charge is 0.118 e. The van der Waals surface area contributed by atoms with Gasteiger partial charge in [-0.2, -0.15) is 0 Å². The molecule has 2 rings (SSSR count). The van der Waals surface area contributed by atoms with Crippen molar-refractivity contribution in [3.63, 3.8) is 0 Å². The predicted octanol–water partition coefficient (Wildman–Crippen LogP) is 4.51. The van der Waals surface area contributed by atoms with Crippen molar-refractivity contribution in [2.45, 2.75) is 26.4 Å². The molecule has 0 saturated carbocycles. The van der Waals surface area contributed by atoms with Gasteiger partial charge in [-0.15, -0.1) is 0 Å². The van der Waals surface area contributed by atoms with Crippen LogP contribution in [0.5, 0.6) is 5.75 Å². The SMILES string of the molecule is COc1ccc([C@@H](C)NCc2ccc(C)c(Cl)c2)cc1. The third-order valence-electron chi connectivity index (χ3n) is 3.46. The Morgan fingerprint density at radius 2 is 1.85 bits per heavy atom. The second-order valence-corrected chi connectivity index (χ2v) is 5.37. The Morgan fingerprint density at radius 3 is 2.45 bits per heavy atom. The number of ether oxygens (including phenoxy) is 1. The lowest BCUT2D eigenvalue weighted by Crippen LogP contribution is -2.18. The molecule has 0 heterocycles. The van der Waals surface area contributed by atoms with Crippen LogP contribution in [0.2, 0.25) is 5.02 Å². The van der Waals surface area contributed by atoms with Crippen LogP contribution in [0, 0.1) is 6.92 Å². The Hall–Kier alpha value is -1.51. The van der Waals surface area contributed by atoms with E-state index in [-0.39, 0.29) is 6.04 Å². The normalized spacial score (nSPS) is 12.2. The predicted molar refractivity (Wildman–Crippen MR) is 84.4 cm³/mol. The van der Waals surface area contributed by atoms with E-state index in [2.05, 4.69) is 36.5 Å². The van der Waals surface area contributed by atoms with Gasteiger partial charge in [-0.1, -0.05) is 35.9 Å². The molecule has 2 aromatic carbocycles. The van der Waals surface area contributed by atoms with E-state index in [9.17, 15) is 0 Å². The highest BCUT2D eigenvalue weighted by Gasteiger charge is 2.05. The Labute approximate surface area is 125 Å². The molecule has 0 radical (unpaired) electrons. The highest BCUT2D eigenvalue weighted by atomic mass is 35.5. The Morgan fingerprint density at radius 1 is 1.15 bits per heavy atom. The van der Waals surface area contributed by atoms with Crippen LogP contribution in [-0.4, -0.2) is 7.11 Å². The molecule has 2 nitrogen and oxygen atoms in total. The summed E-state index contributed by atoms with van der Waals surface area (Å²) in [5.74, 6) is 0.881.